The highest BCUT2D eigenvalue weighted by Gasteiger charge is 2.50. The monoisotopic (exact) mass is 251 g/mol. The number of phenolic OH excluding ortho intramolecular Hbond substituents is 1. The standard InChI is InChI=1S/C12H12N2O4/c1-2-12(7-3-5-8(15)6-4-7)9(16)13-11(18)14-10(12)17/h3-6,15H,2H2,1H3,(H2,13,14,16,17,18)/i11+1,13+1,14+1. The summed E-state index contributed by atoms with van der Waals surface area (Å²) in [5.74, 6) is -1.26. The molecule has 1 aromatic rings. The third-order valence-corrected chi connectivity index (χ3v) is 3.12. The summed E-state index contributed by atoms with van der Waals surface area (Å²) in [5.41, 5.74) is -0.993. The number of rotatable bonds is 2. The second-order valence-corrected chi connectivity index (χ2v) is 4.04. The van der Waals surface area contributed by atoms with Crippen LogP contribution >= 0.6 is 0 Å². The first-order valence-electron chi connectivity index (χ1n) is 5.47. The van der Waals surface area contributed by atoms with Crippen molar-refractivity contribution in [1.82, 2.24) is 10.6 Å². The average Bonchev–Trinajstić information content (AvgIpc) is 2.31. The van der Waals surface area contributed by atoms with E-state index >= 15 is 0 Å². The minimum absolute atomic E-state index is 0.0395. The Morgan fingerprint density at radius 1 is 1.06 bits per heavy atom. The van der Waals surface area contributed by atoms with Crippen molar-refractivity contribution >= 4 is 17.8 Å². The molecule has 1 aromatic carbocycles. The van der Waals surface area contributed by atoms with E-state index in [2.05, 4.69) is 10.6 Å². The van der Waals surface area contributed by atoms with E-state index in [9.17, 15) is 19.5 Å². The molecule has 0 atom stereocenters. The molecule has 0 spiro atoms. The van der Waals surface area contributed by atoms with Crippen molar-refractivity contribution in [1.29, 1.82) is 0 Å². The van der Waals surface area contributed by atoms with Gasteiger partial charge in [-0.2, -0.15) is 0 Å². The van der Waals surface area contributed by atoms with Crippen LogP contribution in [-0.4, -0.2) is 23.0 Å². The first kappa shape index (κ1) is 12.1. The summed E-state index contributed by atoms with van der Waals surface area (Å²) in [6, 6.07) is 4.96. The molecule has 0 saturated carbocycles. The van der Waals surface area contributed by atoms with E-state index in [-0.39, 0.29) is 12.2 Å². The van der Waals surface area contributed by atoms with E-state index in [0.717, 1.165) is 0 Å². The highest BCUT2D eigenvalue weighted by molar-refractivity contribution is 6.22. The summed E-state index contributed by atoms with van der Waals surface area (Å²) >= 11 is 0. The zero-order valence-corrected chi connectivity index (χ0v) is 9.69. The van der Waals surface area contributed by atoms with Crippen LogP contribution in [0.2, 0.25) is 0 Å². The van der Waals surface area contributed by atoms with Gasteiger partial charge < -0.3 is 5.11 Å². The van der Waals surface area contributed by atoms with E-state index in [1.165, 1.54) is 24.3 Å². The molecule has 4 amide bonds. The number of barbiturate groups is 1. The van der Waals surface area contributed by atoms with Crippen LogP contribution in [0.3, 0.4) is 0 Å². The molecule has 1 aliphatic heterocycles. The van der Waals surface area contributed by atoms with Gasteiger partial charge in [-0.1, -0.05) is 19.1 Å². The molecule has 0 aromatic heterocycles. The molecular weight excluding hydrogens is 239 g/mol. The van der Waals surface area contributed by atoms with Gasteiger partial charge in [-0.25, -0.2) is 4.79 Å². The van der Waals surface area contributed by atoms with E-state index in [4.69, 9.17) is 0 Å². The lowest BCUT2D eigenvalue weighted by atomic mass is 9.77. The predicted octanol–water partition coefficient (Wildman–Crippen LogP) is 0.406. The van der Waals surface area contributed by atoms with Crippen molar-refractivity contribution in [3.63, 3.8) is 0 Å². The van der Waals surface area contributed by atoms with Gasteiger partial charge in [0.15, 0.2) is 5.41 Å². The molecule has 1 saturated heterocycles. The highest BCUT2D eigenvalue weighted by Crippen LogP contribution is 2.31. The maximum absolute atomic E-state index is 12.0. The zero-order chi connectivity index (χ0) is 13.3. The van der Waals surface area contributed by atoms with Gasteiger partial charge in [0.2, 0.25) is 11.8 Å². The van der Waals surface area contributed by atoms with Crippen molar-refractivity contribution in [2.75, 3.05) is 0 Å². The minimum atomic E-state index is -1.43. The summed E-state index contributed by atoms with van der Waals surface area (Å²) in [5, 5.41) is 13.4. The highest BCUT2D eigenvalue weighted by atomic mass is 16.4. The summed E-state index contributed by atoms with van der Waals surface area (Å²) in [4.78, 5) is 35.1. The normalized spacial score (nSPS) is 18.2. The molecular formula is C12H12N2O4. The van der Waals surface area contributed by atoms with Gasteiger partial charge in [-0.15, -0.1) is 0 Å². The van der Waals surface area contributed by atoms with Crippen LogP contribution in [0, 0.1) is 0 Å². The van der Waals surface area contributed by atoms with Crippen molar-refractivity contribution in [2.24, 2.45) is 0 Å². The van der Waals surface area contributed by atoms with Crippen molar-refractivity contribution in [3.05, 3.63) is 29.8 Å². The summed E-state index contributed by atoms with van der Waals surface area (Å²) in [6.07, 6.45) is 0.211. The molecule has 3 N–H and O–H groups in total. The van der Waals surface area contributed by atoms with Gasteiger partial charge in [0.05, 0.1) is 0 Å². The number of carbonyl (C=O) groups excluding carboxylic acids is 3. The molecule has 0 aliphatic carbocycles. The van der Waals surface area contributed by atoms with Crippen LogP contribution in [0.1, 0.15) is 18.9 Å². The lowest BCUT2D eigenvalue weighted by Crippen LogP contribution is -2.64. The van der Waals surface area contributed by atoms with Gasteiger partial charge in [0.1, 0.15) is 5.75 Å². The molecule has 0 unspecified atom stereocenters. The zero-order valence-electron chi connectivity index (χ0n) is 9.69. The van der Waals surface area contributed by atoms with Crippen LogP contribution in [0.5, 0.6) is 5.75 Å². The fourth-order valence-corrected chi connectivity index (χ4v) is 2.09. The summed E-state index contributed by atoms with van der Waals surface area (Å²) in [6.45, 7) is 1.68. The molecule has 0 radical (unpaired) electrons. The van der Waals surface area contributed by atoms with E-state index in [1.54, 1.807) is 6.92 Å². The van der Waals surface area contributed by atoms with Crippen LogP contribution in [0.15, 0.2) is 24.3 Å². The molecule has 6 nitrogen and oxygen atoms in total. The average molecular weight is 251 g/mol. The number of benzene rings is 1. The van der Waals surface area contributed by atoms with Gasteiger partial charge in [0, 0.05) is 0 Å². The maximum Gasteiger partial charge on any atom is 0.328 e. The maximum atomic E-state index is 12.0. The Morgan fingerprint density at radius 3 is 2.00 bits per heavy atom. The minimum Gasteiger partial charge on any atom is -0.508 e. The molecule has 1 aliphatic rings. The number of amides is 4. The van der Waals surface area contributed by atoms with Crippen molar-refractivity contribution < 1.29 is 19.5 Å². The molecule has 2 rings (SSSR count). The topological polar surface area (TPSA) is 95.5 Å². The molecule has 94 valence electrons. The molecule has 6 heteroatoms. The van der Waals surface area contributed by atoms with Crippen LogP contribution in [0.25, 0.3) is 0 Å². The molecule has 18 heavy (non-hydrogen) atoms. The fourth-order valence-electron chi connectivity index (χ4n) is 2.09. The molecule has 0 bridgehead atoms. The lowest BCUT2D eigenvalue weighted by Gasteiger charge is -2.33. The lowest BCUT2D eigenvalue weighted by molar-refractivity contribution is -0.138. The number of nitrogens with one attached hydrogen (secondary N) is 2. The Hall–Kier alpha value is -2.37. The van der Waals surface area contributed by atoms with Crippen molar-refractivity contribution in [3.8, 4) is 5.75 Å². The Morgan fingerprint density at radius 2 is 1.56 bits per heavy atom. The van der Waals surface area contributed by atoms with Gasteiger partial charge in [-0.05, 0) is 24.1 Å². The first-order chi connectivity index (χ1) is 8.50. The Labute approximate surface area is 103 Å². The summed E-state index contributed by atoms with van der Waals surface area (Å²) < 4.78 is 0. The van der Waals surface area contributed by atoms with E-state index in [0.29, 0.717) is 5.56 Å². The van der Waals surface area contributed by atoms with Crippen molar-refractivity contribution in [2.45, 2.75) is 18.8 Å². The largest absolute Gasteiger partial charge is 0.508 e. The number of phenols is 1. The summed E-state index contributed by atoms with van der Waals surface area (Å²) in [7, 11) is 0. The smallest absolute Gasteiger partial charge is 0.328 e. The molecule has 1 heterocycles. The third kappa shape index (κ3) is 1.62. The molecule has 1 fully saturated rings. The predicted molar refractivity (Wildman–Crippen MR) is 61.8 cm³/mol. The SMILES string of the molecule is CCC1(c2ccc(O)cc2)C(=O)[15NH][13C](=O)[15NH]C1=O. The van der Waals surface area contributed by atoms with Gasteiger partial charge in [-0.3, -0.25) is 20.2 Å². The number of carbonyl (C=O) groups is 3. The fraction of sp³-hybridized carbons (Fsp3) is 0.250. The number of hydrogen-bond acceptors (Lipinski definition) is 4. The van der Waals surface area contributed by atoms with Crippen LogP contribution in [-0.2, 0) is 15.0 Å². The number of imide groups is 2. The van der Waals surface area contributed by atoms with Crippen LogP contribution in [0.4, 0.5) is 4.79 Å². The van der Waals surface area contributed by atoms with Gasteiger partial charge in [0.25, 0.3) is 0 Å². The third-order valence-electron chi connectivity index (χ3n) is 3.12. The Balaban J connectivity index is 2.53. The first-order valence-corrected chi connectivity index (χ1v) is 5.47. The second kappa shape index (κ2) is 4.14. The Bertz CT molecular complexity index is 501. The number of aromatic hydroxyl groups is 1. The van der Waals surface area contributed by atoms with E-state index in [1.807, 2.05) is 0 Å². The number of urea groups is 1. The van der Waals surface area contributed by atoms with E-state index < -0.39 is 23.3 Å². The van der Waals surface area contributed by atoms with Gasteiger partial charge >= 0.3 is 6.03 Å². The Kier molecular flexibility index (Phi) is 2.78. The number of hydrogen-bond donors (Lipinski definition) is 3. The second-order valence-electron chi connectivity index (χ2n) is 4.04. The quantitative estimate of drug-likeness (QED) is 0.403. The van der Waals surface area contributed by atoms with Crippen LogP contribution < -0.4 is 10.6 Å².